The maximum absolute atomic E-state index is 12.6. The fourth-order valence-corrected chi connectivity index (χ4v) is 1.98. The number of methoxy groups -OCH3 is 2. The minimum atomic E-state index is -4.48. The number of rotatable bonds is 6. The highest BCUT2D eigenvalue weighted by Gasteiger charge is 2.32. The molecule has 23 heavy (non-hydrogen) atoms. The summed E-state index contributed by atoms with van der Waals surface area (Å²) in [5.74, 6) is 1.36. The van der Waals surface area contributed by atoms with Crippen LogP contribution >= 0.6 is 0 Å². The van der Waals surface area contributed by atoms with Gasteiger partial charge in [-0.2, -0.15) is 13.2 Å². The van der Waals surface area contributed by atoms with Crippen molar-refractivity contribution in [1.29, 1.82) is 0 Å². The zero-order valence-electron chi connectivity index (χ0n) is 12.6. The van der Waals surface area contributed by atoms with Crippen LogP contribution in [0.2, 0.25) is 0 Å². The van der Waals surface area contributed by atoms with Gasteiger partial charge in [-0.1, -0.05) is 6.07 Å². The Bertz CT molecular complexity index is 663. The Kier molecular flexibility index (Phi) is 5.25. The summed E-state index contributed by atoms with van der Waals surface area (Å²) >= 11 is 0. The first-order valence-corrected chi connectivity index (χ1v) is 6.78. The zero-order valence-corrected chi connectivity index (χ0v) is 12.6. The summed E-state index contributed by atoms with van der Waals surface area (Å²) in [7, 11) is 3.09. The standard InChI is InChI=1S/C15H16F3N3O2/c1-22-11-4-3-10(7-12(11)23-2)5-6-19-14-8-13(15(16,17)18)20-9-21-14/h3-4,7-9H,5-6H2,1-2H3,(H,19,20,21). The number of halogens is 3. The second-order valence-electron chi connectivity index (χ2n) is 4.65. The highest BCUT2D eigenvalue weighted by Crippen LogP contribution is 2.29. The minimum Gasteiger partial charge on any atom is -0.493 e. The first kappa shape index (κ1) is 16.9. The van der Waals surface area contributed by atoms with Crippen molar-refractivity contribution in [1.82, 2.24) is 9.97 Å². The maximum atomic E-state index is 12.6. The zero-order chi connectivity index (χ0) is 16.9. The minimum absolute atomic E-state index is 0.132. The molecular weight excluding hydrogens is 311 g/mol. The largest absolute Gasteiger partial charge is 0.493 e. The van der Waals surface area contributed by atoms with E-state index in [0.717, 1.165) is 18.0 Å². The molecule has 0 aliphatic carbocycles. The molecule has 0 saturated heterocycles. The maximum Gasteiger partial charge on any atom is 0.433 e. The Morgan fingerprint density at radius 1 is 1.04 bits per heavy atom. The smallest absolute Gasteiger partial charge is 0.433 e. The van der Waals surface area contributed by atoms with Crippen molar-refractivity contribution < 1.29 is 22.6 Å². The predicted molar refractivity (Wildman–Crippen MR) is 78.8 cm³/mol. The van der Waals surface area contributed by atoms with Crippen LogP contribution in [-0.2, 0) is 12.6 Å². The molecule has 0 aliphatic rings. The van der Waals surface area contributed by atoms with Gasteiger partial charge in [-0.3, -0.25) is 0 Å². The molecule has 0 aliphatic heterocycles. The van der Waals surface area contributed by atoms with Crippen LogP contribution in [0, 0.1) is 0 Å². The summed E-state index contributed by atoms with van der Waals surface area (Å²) in [5.41, 5.74) is -0.0126. The van der Waals surface area contributed by atoms with Gasteiger partial charge in [-0.25, -0.2) is 9.97 Å². The van der Waals surface area contributed by atoms with Gasteiger partial charge < -0.3 is 14.8 Å². The van der Waals surface area contributed by atoms with E-state index in [1.54, 1.807) is 20.3 Å². The van der Waals surface area contributed by atoms with E-state index in [-0.39, 0.29) is 5.82 Å². The van der Waals surface area contributed by atoms with Crippen molar-refractivity contribution >= 4 is 5.82 Å². The van der Waals surface area contributed by atoms with Crippen molar-refractivity contribution in [3.05, 3.63) is 41.9 Å². The number of nitrogens with zero attached hydrogens (tertiary/aromatic N) is 2. The number of alkyl halides is 3. The first-order valence-electron chi connectivity index (χ1n) is 6.78. The molecule has 0 bridgehead atoms. The van der Waals surface area contributed by atoms with E-state index in [1.165, 1.54) is 0 Å². The molecule has 0 amide bonds. The van der Waals surface area contributed by atoms with Crippen LogP contribution in [0.1, 0.15) is 11.3 Å². The van der Waals surface area contributed by atoms with Crippen LogP contribution < -0.4 is 14.8 Å². The average Bonchev–Trinajstić information content (AvgIpc) is 2.54. The van der Waals surface area contributed by atoms with E-state index in [9.17, 15) is 13.2 Å². The first-order chi connectivity index (χ1) is 10.9. The van der Waals surface area contributed by atoms with E-state index in [2.05, 4.69) is 15.3 Å². The molecule has 0 saturated carbocycles. The Labute approximate surface area is 131 Å². The predicted octanol–water partition coefficient (Wildman–Crippen LogP) is 3.17. The monoisotopic (exact) mass is 327 g/mol. The lowest BCUT2D eigenvalue weighted by atomic mass is 10.1. The third-order valence-electron chi connectivity index (χ3n) is 3.13. The third kappa shape index (κ3) is 4.48. The quantitative estimate of drug-likeness (QED) is 0.883. The number of aromatic nitrogens is 2. The van der Waals surface area contributed by atoms with E-state index in [1.807, 2.05) is 12.1 Å². The van der Waals surface area contributed by atoms with Crippen LogP contribution in [0.4, 0.5) is 19.0 Å². The molecule has 2 rings (SSSR count). The lowest BCUT2D eigenvalue weighted by Gasteiger charge is -2.11. The molecule has 1 N–H and O–H groups in total. The Morgan fingerprint density at radius 3 is 2.43 bits per heavy atom. The van der Waals surface area contributed by atoms with E-state index < -0.39 is 11.9 Å². The topological polar surface area (TPSA) is 56.3 Å². The van der Waals surface area contributed by atoms with Gasteiger partial charge in [0.1, 0.15) is 17.8 Å². The Hall–Kier alpha value is -2.51. The molecule has 8 heteroatoms. The lowest BCUT2D eigenvalue weighted by molar-refractivity contribution is -0.141. The summed E-state index contributed by atoms with van der Waals surface area (Å²) in [4.78, 5) is 6.99. The van der Waals surface area contributed by atoms with Crippen LogP contribution in [0.25, 0.3) is 0 Å². The molecule has 2 aromatic rings. The summed E-state index contributed by atoms with van der Waals surface area (Å²) in [6.07, 6.45) is -3.00. The van der Waals surface area contributed by atoms with Crippen molar-refractivity contribution in [2.75, 3.05) is 26.1 Å². The molecule has 124 valence electrons. The summed E-state index contributed by atoms with van der Waals surface area (Å²) < 4.78 is 48.0. The molecule has 1 aromatic carbocycles. The lowest BCUT2D eigenvalue weighted by Crippen LogP contribution is -2.11. The van der Waals surface area contributed by atoms with Gasteiger partial charge in [0, 0.05) is 12.6 Å². The number of ether oxygens (including phenoxy) is 2. The molecule has 5 nitrogen and oxygen atoms in total. The molecule has 0 fully saturated rings. The average molecular weight is 327 g/mol. The molecule has 0 spiro atoms. The number of anilines is 1. The SMILES string of the molecule is COc1ccc(CCNc2cc(C(F)(F)F)ncn2)cc1OC. The van der Waals surface area contributed by atoms with Crippen LogP contribution in [0.15, 0.2) is 30.6 Å². The van der Waals surface area contributed by atoms with Gasteiger partial charge in [0.25, 0.3) is 0 Å². The van der Waals surface area contributed by atoms with Gasteiger partial charge in [0.15, 0.2) is 11.5 Å². The molecule has 1 aromatic heterocycles. The molecule has 0 radical (unpaired) electrons. The Morgan fingerprint density at radius 2 is 1.78 bits per heavy atom. The van der Waals surface area contributed by atoms with Gasteiger partial charge in [0.05, 0.1) is 14.2 Å². The summed E-state index contributed by atoms with van der Waals surface area (Å²) in [6, 6.07) is 6.35. The molecular formula is C15H16F3N3O2. The number of nitrogens with one attached hydrogen (secondary N) is 1. The van der Waals surface area contributed by atoms with Crippen molar-refractivity contribution in [2.45, 2.75) is 12.6 Å². The van der Waals surface area contributed by atoms with E-state index in [0.29, 0.717) is 24.5 Å². The van der Waals surface area contributed by atoms with Gasteiger partial charge >= 0.3 is 6.18 Å². The second-order valence-corrected chi connectivity index (χ2v) is 4.65. The normalized spacial score (nSPS) is 11.2. The number of benzene rings is 1. The molecule has 0 atom stereocenters. The molecule has 0 unspecified atom stereocenters. The van der Waals surface area contributed by atoms with Crippen molar-refractivity contribution in [3.8, 4) is 11.5 Å². The van der Waals surface area contributed by atoms with Crippen LogP contribution in [0.5, 0.6) is 11.5 Å². The summed E-state index contributed by atoms with van der Waals surface area (Å²) in [6.45, 7) is 0.420. The fraction of sp³-hybridized carbons (Fsp3) is 0.333. The highest BCUT2D eigenvalue weighted by molar-refractivity contribution is 5.43. The second kappa shape index (κ2) is 7.17. The van der Waals surface area contributed by atoms with Crippen LogP contribution in [0.3, 0.4) is 0 Å². The fourth-order valence-electron chi connectivity index (χ4n) is 1.98. The van der Waals surface area contributed by atoms with E-state index in [4.69, 9.17) is 9.47 Å². The number of hydrogen-bond acceptors (Lipinski definition) is 5. The number of hydrogen-bond donors (Lipinski definition) is 1. The third-order valence-corrected chi connectivity index (χ3v) is 3.13. The summed E-state index contributed by atoms with van der Waals surface area (Å²) in [5, 5.41) is 2.85. The molecule has 1 heterocycles. The van der Waals surface area contributed by atoms with Crippen molar-refractivity contribution in [3.63, 3.8) is 0 Å². The van der Waals surface area contributed by atoms with E-state index >= 15 is 0 Å². The van der Waals surface area contributed by atoms with Crippen molar-refractivity contribution in [2.24, 2.45) is 0 Å². The Balaban J connectivity index is 1.97. The highest BCUT2D eigenvalue weighted by atomic mass is 19.4. The van der Waals surface area contributed by atoms with Gasteiger partial charge in [-0.15, -0.1) is 0 Å². The van der Waals surface area contributed by atoms with Gasteiger partial charge in [-0.05, 0) is 24.1 Å². The van der Waals surface area contributed by atoms with Crippen LogP contribution in [-0.4, -0.2) is 30.7 Å². The van der Waals surface area contributed by atoms with Gasteiger partial charge in [0.2, 0.25) is 0 Å².